The highest BCUT2D eigenvalue weighted by Crippen LogP contribution is 2.27. The largest absolute Gasteiger partial charge is 0.342 e. The number of imidazole rings is 1. The van der Waals surface area contributed by atoms with E-state index < -0.39 is 0 Å². The normalized spacial score (nSPS) is 16.9. The second kappa shape index (κ2) is 8.60. The van der Waals surface area contributed by atoms with Crippen LogP contribution in [0.4, 0.5) is 0 Å². The summed E-state index contributed by atoms with van der Waals surface area (Å²) in [5.41, 5.74) is 4.15. The number of benzene rings is 2. The minimum Gasteiger partial charge on any atom is -0.342 e. The molecule has 1 unspecified atom stereocenters. The molecule has 1 fully saturated rings. The maximum Gasteiger partial charge on any atom is 0.246 e. The van der Waals surface area contributed by atoms with Gasteiger partial charge in [-0.05, 0) is 36.6 Å². The summed E-state index contributed by atoms with van der Waals surface area (Å²) >= 11 is 0. The van der Waals surface area contributed by atoms with E-state index in [0.717, 1.165) is 41.8 Å². The van der Waals surface area contributed by atoms with Crippen molar-refractivity contribution in [3.05, 3.63) is 90.0 Å². The van der Waals surface area contributed by atoms with Gasteiger partial charge in [-0.15, -0.1) is 0 Å². The first kappa shape index (κ1) is 19.3. The lowest BCUT2D eigenvalue weighted by molar-refractivity contribution is -0.127. The third kappa shape index (κ3) is 4.43. The van der Waals surface area contributed by atoms with Crippen LogP contribution in [0.15, 0.2) is 73.1 Å². The summed E-state index contributed by atoms with van der Waals surface area (Å²) in [6.07, 6.45) is 9.28. The molecule has 1 aliphatic heterocycles. The lowest BCUT2D eigenvalue weighted by Crippen LogP contribution is -2.38. The topological polar surface area (TPSA) is 66.8 Å². The van der Waals surface area contributed by atoms with Gasteiger partial charge in [-0.3, -0.25) is 9.48 Å². The monoisotopic (exact) mass is 411 g/mol. The molecule has 31 heavy (non-hydrogen) atoms. The Balaban J connectivity index is 1.22. The van der Waals surface area contributed by atoms with Crippen LogP contribution in [0.1, 0.15) is 35.7 Å². The molecule has 1 saturated heterocycles. The number of aromatic nitrogens is 4. The minimum absolute atomic E-state index is 0.0385. The highest BCUT2D eigenvalue weighted by Gasteiger charge is 2.25. The predicted octanol–water partition coefficient (Wildman–Crippen LogP) is 4.23. The van der Waals surface area contributed by atoms with Crippen LogP contribution in [0, 0.1) is 0 Å². The van der Waals surface area contributed by atoms with Gasteiger partial charge in [0, 0.05) is 36.8 Å². The number of nitrogens with zero attached hydrogens (tertiary/aromatic N) is 4. The summed E-state index contributed by atoms with van der Waals surface area (Å²) in [4.78, 5) is 22.9. The third-order valence-electron chi connectivity index (χ3n) is 5.79. The maximum absolute atomic E-state index is 12.8. The Morgan fingerprint density at radius 3 is 2.84 bits per heavy atom. The number of hydrogen-bond donors (Lipinski definition) is 1. The molecule has 0 saturated carbocycles. The van der Waals surface area contributed by atoms with Crippen LogP contribution in [-0.2, 0) is 11.3 Å². The van der Waals surface area contributed by atoms with Gasteiger partial charge in [0.1, 0.15) is 5.82 Å². The lowest BCUT2D eigenvalue weighted by atomic mass is 9.97. The van der Waals surface area contributed by atoms with E-state index in [9.17, 15) is 4.79 Å². The van der Waals surface area contributed by atoms with Crippen molar-refractivity contribution in [3.8, 4) is 0 Å². The number of para-hydroxylation sites is 2. The number of aromatic amines is 1. The molecule has 3 heterocycles. The van der Waals surface area contributed by atoms with E-state index >= 15 is 0 Å². The van der Waals surface area contributed by atoms with E-state index in [2.05, 4.69) is 22.2 Å². The van der Waals surface area contributed by atoms with Gasteiger partial charge in [-0.2, -0.15) is 5.10 Å². The molecule has 1 amide bonds. The van der Waals surface area contributed by atoms with E-state index in [4.69, 9.17) is 4.98 Å². The molecule has 0 aliphatic carbocycles. The average Bonchev–Trinajstić information content (AvgIpc) is 3.45. The molecule has 0 radical (unpaired) electrons. The van der Waals surface area contributed by atoms with Gasteiger partial charge in [0.2, 0.25) is 5.91 Å². The van der Waals surface area contributed by atoms with E-state index in [1.54, 1.807) is 12.3 Å². The van der Waals surface area contributed by atoms with E-state index in [-0.39, 0.29) is 11.8 Å². The molecule has 1 atom stereocenters. The van der Waals surface area contributed by atoms with Crippen LogP contribution >= 0.6 is 0 Å². The van der Waals surface area contributed by atoms with Gasteiger partial charge in [-0.1, -0.05) is 42.5 Å². The standard InChI is InChI=1S/C25H25N5O/c31-24(13-12-20-15-26-30(17-20)16-19-7-2-1-3-8-19)29-14-6-9-21(18-29)25-27-22-10-4-5-11-23(22)28-25/h1-5,7-8,10-13,15,17,21H,6,9,14,16,18H2,(H,27,28). The first-order valence-corrected chi connectivity index (χ1v) is 10.7. The molecule has 6 nitrogen and oxygen atoms in total. The quantitative estimate of drug-likeness (QED) is 0.500. The third-order valence-corrected chi connectivity index (χ3v) is 5.79. The number of carbonyl (C=O) groups is 1. The van der Waals surface area contributed by atoms with E-state index in [1.165, 1.54) is 5.56 Å². The van der Waals surface area contributed by atoms with Gasteiger partial charge >= 0.3 is 0 Å². The van der Waals surface area contributed by atoms with Gasteiger partial charge in [-0.25, -0.2) is 4.98 Å². The molecule has 2 aromatic carbocycles. The zero-order valence-electron chi connectivity index (χ0n) is 17.3. The second-order valence-electron chi connectivity index (χ2n) is 8.05. The van der Waals surface area contributed by atoms with Crippen molar-refractivity contribution in [1.29, 1.82) is 0 Å². The van der Waals surface area contributed by atoms with Crippen LogP contribution in [0.5, 0.6) is 0 Å². The Morgan fingerprint density at radius 1 is 1.13 bits per heavy atom. The molecule has 0 bridgehead atoms. The van der Waals surface area contributed by atoms with Crippen molar-refractivity contribution >= 4 is 23.0 Å². The van der Waals surface area contributed by atoms with Gasteiger partial charge in [0.25, 0.3) is 0 Å². The maximum atomic E-state index is 12.8. The Morgan fingerprint density at radius 2 is 1.97 bits per heavy atom. The van der Waals surface area contributed by atoms with Crippen molar-refractivity contribution in [2.45, 2.75) is 25.3 Å². The molecule has 4 aromatic rings. The van der Waals surface area contributed by atoms with Crippen LogP contribution < -0.4 is 0 Å². The molecule has 1 aliphatic rings. The average molecular weight is 412 g/mol. The smallest absolute Gasteiger partial charge is 0.246 e. The number of H-pyrrole nitrogens is 1. The van der Waals surface area contributed by atoms with Gasteiger partial charge in [0.05, 0.1) is 23.8 Å². The second-order valence-corrected chi connectivity index (χ2v) is 8.05. The van der Waals surface area contributed by atoms with Crippen LogP contribution in [-0.4, -0.2) is 43.6 Å². The number of piperidine rings is 1. The Labute approximate surface area is 181 Å². The number of fused-ring (bicyclic) bond motifs is 1. The number of amides is 1. The molecule has 5 rings (SSSR count). The summed E-state index contributed by atoms with van der Waals surface area (Å²) in [6.45, 7) is 2.19. The fourth-order valence-electron chi connectivity index (χ4n) is 4.16. The molecule has 2 aromatic heterocycles. The molecular formula is C25H25N5O. The number of hydrogen-bond acceptors (Lipinski definition) is 3. The number of likely N-dealkylation sites (tertiary alicyclic amines) is 1. The first-order chi connectivity index (χ1) is 15.2. The van der Waals surface area contributed by atoms with E-state index in [1.807, 2.05) is 64.3 Å². The highest BCUT2D eigenvalue weighted by molar-refractivity contribution is 5.91. The Bertz CT molecular complexity index is 1170. The molecule has 156 valence electrons. The summed E-state index contributed by atoms with van der Waals surface area (Å²) in [7, 11) is 0. The molecular weight excluding hydrogens is 386 g/mol. The molecule has 1 N–H and O–H groups in total. The van der Waals surface area contributed by atoms with Gasteiger partial charge in [0.15, 0.2) is 0 Å². The zero-order chi connectivity index (χ0) is 21.0. The molecule has 0 spiro atoms. The van der Waals surface area contributed by atoms with Crippen molar-refractivity contribution in [1.82, 2.24) is 24.6 Å². The van der Waals surface area contributed by atoms with Crippen molar-refractivity contribution < 1.29 is 4.79 Å². The molecule has 6 heteroatoms. The number of rotatable bonds is 5. The Kier molecular flexibility index (Phi) is 5.35. The summed E-state index contributed by atoms with van der Waals surface area (Å²) in [5.74, 6) is 1.26. The summed E-state index contributed by atoms with van der Waals surface area (Å²) in [5, 5.41) is 4.40. The summed E-state index contributed by atoms with van der Waals surface area (Å²) < 4.78 is 1.89. The van der Waals surface area contributed by atoms with Crippen molar-refractivity contribution in [2.24, 2.45) is 0 Å². The van der Waals surface area contributed by atoms with Crippen molar-refractivity contribution in [2.75, 3.05) is 13.1 Å². The fraction of sp³-hybridized carbons (Fsp3) is 0.240. The summed E-state index contributed by atoms with van der Waals surface area (Å²) in [6, 6.07) is 18.3. The fourth-order valence-corrected chi connectivity index (χ4v) is 4.16. The van der Waals surface area contributed by atoms with E-state index in [0.29, 0.717) is 13.1 Å². The van der Waals surface area contributed by atoms with Crippen LogP contribution in [0.3, 0.4) is 0 Å². The predicted molar refractivity (Wildman–Crippen MR) is 121 cm³/mol. The van der Waals surface area contributed by atoms with Crippen molar-refractivity contribution in [3.63, 3.8) is 0 Å². The lowest BCUT2D eigenvalue weighted by Gasteiger charge is -2.31. The zero-order valence-corrected chi connectivity index (χ0v) is 17.3. The van der Waals surface area contributed by atoms with Crippen LogP contribution in [0.2, 0.25) is 0 Å². The highest BCUT2D eigenvalue weighted by atomic mass is 16.2. The Hall–Kier alpha value is -3.67. The number of carbonyl (C=O) groups excluding carboxylic acids is 1. The van der Waals surface area contributed by atoms with Crippen LogP contribution in [0.25, 0.3) is 17.1 Å². The minimum atomic E-state index is 0.0385. The SMILES string of the molecule is O=C(C=Cc1cnn(Cc2ccccc2)c1)N1CCCC(c2nc3ccccc3[nH]2)C1. The van der Waals surface area contributed by atoms with Gasteiger partial charge < -0.3 is 9.88 Å². The number of nitrogens with one attached hydrogen (secondary N) is 1. The first-order valence-electron chi connectivity index (χ1n) is 10.7.